The van der Waals surface area contributed by atoms with Crippen molar-refractivity contribution in [2.75, 3.05) is 12.3 Å². The van der Waals surface area contributed by atoms with E-state index in [4.69, 9.17) is 22.1 Å². The highest BCUT2D eigenvalue weighted by Crippen LogP contribution is 2.20. The van der Waals surface area contributed by atoms with Crippen LogP contribution in [0.2, 0.25) is 5.15 Å². The van der Waals surface area contributed by atoms with Gasteiger partial charge in [-0.1, -0.05) is 32.4 Å². The van der Waals surface area contributed by atoms with Crippen LogP contribution in [0.25, 0.3) is 0 Å². The van der Waals surface area contributed by atoms with Crippen molar-refractivity contribution in [3.63, 3.8) is 0 Å². The maximum atomic E-state index is 11.7. The molecule has 4 nitrogen and oxygen atoms in total. The largest absolute Gasteiger partial charge is 0.462 e. The van der Waals surface area contributed by atoms with E-state index in [0.717, 1.165) is 6.42 Å². The zero-order valence-electron chi connectivity index (χ0n) is 10.3. The summed E-state index contributed by atoms with van der Waals surface area (Å²) in [4.78, 5) is 15.5. The Morgan fingerprint density at radius 3 is 2.76 bits per heavy atom. The van der Waals surface area contributed by atoms with Gasteiger partial charge in [0, 0.05) is 0 Å². The lowest BCUT2D eigenvalue weighted by Crippen LogP contribution is -2.14. The Labute approximate surface area is 106 Å². The van der Waals surface area contributed by atoms with Crippen LogP contribution in [-0.2, 0) is 4.74 Å². The van der Waals surface area contributed by atoms with E-state index < -0.39 is 5.97 Å². The number of carbonyl (C=O) groups is 1. The molecule has 0 saturated carbocycles. The predicted octanol–water partition coefficient (Wildman–Crippen LogP) is 2.91. The number of nitrogens with zero attached hydrogens (tertiary/aromatic N) is 1. The van der Waals surface area contributed by atoms with E-state index in [1.54, 1.807) is 0 Å². The SMILES string of the molecule is CC(C)(C)CCOC(=O)c1cc(Cl)ncc1N. The Morgan fingerprint density at radius 2 is 2.18 bits per heavy atom. The van der Waals surface area contributed by atoms with E-state index >= 15 is 0 Å². The van der Waals surface area contributed by atoms with Crippen molar-refractivity contribution in [1.29, 1.82) is 0 Å². The Balaban J connectivity index is 2.61. The molecule has 0 amide bonds. The fraction of sp³-hybridized carbons (Fsp3) is 0.500. The van der Waals surface area contributed by atoms with E-state index in [-0.39, 0.29) is 21.8 Å². The van der Waals surface area contributed by atoms with Gasteiger partial charge in [-0.25, -0.2) is 9.78 Å². The molecular formula is C12H17ClN2O2. The van der Waals surface area contributed by atoms with Crippen molar-refractivity contribution in [2.45, 2.75) is 27.2 Å². The van der Waals surface area contributed by atoms with Gasteiger partial charge in [0.05, 0.1) is 24.1 Å². The molecule has 0 atom stereocenters. The van der Waals surface area contributed by atoms with Crippen molar-refractivity contribution < 1.29 is 9.53 Å². The van der Waals surface area contributed by atoms with Gasteiger partial charge in [-0.3, -0.25) is 0 Å². The van der Waals surface area contributed by atoms with E-state index in [1.807, 2.05) is 0 Å². The zero-order valence-corrected chi connectivity index (χ0v) is 11.0. The fourth-order valence-corrected chi connectivity index (χ4v) is 1.30. The fourth-order valence-electron chi connectivity index (χ4n) is 1.14. The quantitative estimate of drug-likeness (QED) is 0.667. The van der Waals surface area contributed by atoms with Crippen LogP contribution in [-0.4, -0.2) is 17.6 Å². The van der Waals surface area contributed by atoms with Crippen molar-refractivity contribution in [3.8, 4) is 0 Å². The lowest BCUT2D eigenvalue weighted by Gasteiger charge is -2.17. The number of esters is 1. The van der Waals surface area contributed by atoms with Gasteiger partial charge in [-0.2, -0.15) is 0 Å². The molecule has 0 aliphatic heterocycles. The first-order valence-electron chi connectivity index (χ1n) is 5.38. The van der Waals surface area contributed by atoms with Gasteiger partial charge in [0.25, 0.3) is 0 Å². The molecule has 17 heavy (non-hydrogen) atoms. The summed E-state index contributed by atoms with van der Waals surface area (Å²) in [5.74, 6) is -0.462. The van der Waals surface area contributed by atoms with Gasteiger partial charge in [0.1, 0.15) is 5.15 Å². The summed E-state index contributed by atoms with van der Waals surface area (Å²) in [5, 5.41) is 0.224. The monoisotopic (exact) mass is 256 g/mol. The van der Waals surface area contributed by atoms with Crippen LogP contribution in [0.1, 0.15) is 37.6 Å². The number of hydrogen-bond acceptors (Lipinski definition) is 4. The van der Waals surface area contributed by atoms with E-state index in [2.05, 4.69) is 25.8 Å². The average Bonchev–Trinajstić information content (AvgIpc) is 2.19. The van der Waals surface area contributed by atoms with Crippen LogP contribution in [0.3, 0.4) is 0 Å². The molecular weight excluding hydrogens is 240 g/mol. The molecule has 0 spiro atoms. The van der Waals surface area contributed by atoms with Crippen LogP contribution < -0.4 is 5.73 Å². The number of nitrogen functional groups attached to an aromatic ring is 1. The smallest absolute Gasteiger partial charge is 0.340 e. The second-order valence-corrected chi connectivity index (χ2v) is 5.43. The number of pyridine rings is 1. The highest BCUT2D eigenvalue weighted by Gasteiger charge is 2.15. The number of hydrogen-bond donors (Lipinski definition) is 1. The van der Waals surface area contributed by atoms with Crippen molar-refractivity contribution in [2.24, 2.45) is 5.41 Å². The van der Waals surface area contributed by atoms with Crippen LogP contribution >= 0.6 is 11.6 Å². The van der Waals surface area contributed by atoms with Crippen molar-refractivity contribution in [1.82, 2.24) is 4.98 Å². The third-order valence-electron chi connectivity index (χ3n) is 2.21. The Hall–Kier alpha value is -1.29. The first-order chi connectivity index (χ1) is 7.79. The summed E-state index contributed by atoms with van der Waals surface area (Å²) in [6, 6.07) is 1.41. The minimum absolute atomic E-state index is 0.127. The van der Waals surface area contributed by atoms with Crippen LogP contribution in [0.5, 0.6) is 0 Å². The molecule has 0 fully saturated rings. The summed E-state index contributed by atoms with van der Waals surface area (Å²) in [5.41, 5.74) is 6.29. The molecule has 1 aromatic heterocycles. The molecule has 1 heterocycles. The standard InChI is InChI=1S/C12H17ClN2O2/c1-12(2,3)4-5-17-11(16)8-6-10(13)15-7-9(8)14/h6-7H,4-5,14H2,1-3H3. The number of nitrogens with two attached hydrogens (primary N) is 1. The summed E-state index contributed by atoms with van der Waals surface area (Å²) >= 11 is 5.69. The third kappa shape index (κ3) is 4.61. The summed E-state index contributed by atoms with van der Waals surface area (Å²) < 4.78 is 5.13. The van der Waals surface area contributed by atoms with E-state index in [1.165, 1.54) is 12.3 Å². The van der Waals surface area contributed by atoms with Gasteiger partial charge < -0.3 is 10.5 Å². The average molecular weight is 257 g/mol. The summed E-state index contributed by atoms with van der Waals surface area (Å²) in [6.45, 7) is 6.61. The van der Waals surface area contributed by atoms with Crippen molar-refractivity contribution in [3.05, 3.63) is 23.0 Å². The number of aromatic nitrogens is 1. The summed E-state index contributed by atoms with van der Waals surface area (Å²) in [7, 11) is 0. The Bertz CT molecular complexity index is 413. The molecule has 0 saturated heterocycles. The van der Waals surface area contributed by atoms with Crippen LogP contribution in [0.4, 0.5) is 5.69 Å². The Morgan fingerprint density at radius 1 is 1.53 bits per heavy atom. The van der Waals surface area contributed by atoms with E-state index in [9.17, 15) is 4.79 Å². The number of ether oxygens (including phenoxy) is 1. The molecule has 0 aliphatic carbocycles. The second-order valence-electron chi connectivity index (χ2n) is 5.04. The number of anilines is 1. The molecule has 5 heteroatoms. The zero-order chi connectivity index (χ0) is 13.1. The molecule has 0 aliphatic rings. The maximum Gasteiger partial charge on any atom is 0.340 e. The molecule has 2 N–H and O–H groups in total. The maximum absolute atomic E-state index is 11.7. The normalized spacial score (nSPS) is 11.3. The highest BCUT2D eigenvalue weighted by atomic mass is 35.5. The molecule has 0 aromatic carbocycles. The highest BCUT2D eigenvalue weighted by molar-refractivity contribution is 6.29. The summed E-state index contributed by atoms with van der Waals surface area (Å²) in [6.07, 6.45) is 2.14. The van der Waals surface area contributed by atoms with Gasteiger partial charge in [0.2, 0.25) is 0 Å². The third-order valence-corrected chi connectivity index (χ3v) is 2.41. The minimum atomic E-state index is -0.462. The van der Waals surface area contributed by atoms with Gasteiger partial charge in [0.15, 0.2) is 0 Å². The Kier molecular flexibility index (Phi) is 4.34. The van der Waals surface area contributed by atoms with Gasteiger partial charge >= 0.3 is 5.97 Å². The van der Waals surface area contributed by atoms with Gasteiger partial charge in [-0.05, 0) is 17.9 Å². The first kappa shape index (κ1) is 13.8. The van der Waals surface area contributed by atoms with Gasteiger partial charge in [-0.15, -0.1) is 0 Å². The number of rotatable bonds is 3. The number of halogens is 1. The lowest BCUT2D eigenvalue weighted by molar-refractivity contribution is 0.0466. The van der Waals surface area contributed by atoms with Crippen molar-refractivity contribution >= 4 is 23.3 Å². The molecule has 0 bridgehead atoms. The lowest BCUT2D eigenvalue weighted by atomic mass is 9.93. The topological polar surface area (TPSA) is 65.2 Å². The predicted molar refractivity (Wildman–Crippen MR) is 68.0 cm³/mol. The molecule has 94 valence electrons. The van der Waals surface area contributed by atoms with Crippen LogP contribution in [0.15, 0.2) is 12.3 Å². The second kappa shape index (κ2) is 5.36. The molecule has 0 radical (unpaired) electrons. The molecule has 1 rings (SSSR count). The minimum Gasteiger partial charge on any atom is -0.462 e. The van der Waals surface area contributed by atoms with E-state index in [0.29, 0.717) is 6.61 Å². The molecule has 0 unspecified atom stereocenters. The first-order valence-corrected chi connectivity index (χ1v) is 5.75. The molecule has 1 aromatic rings. The van der Waals surface area contributed by atoms with Crippen LogP contribution in [0, 0.1) is 5.41 Å². The number of carbonyl (C=O) groups excluding carboxylic acids is 1.